The zero-order chi connectivity index (χ0) is 17.0. The first-order valence-corrected chi connectivity index (χ1v) is 8.90. The number of carbonyl (C=O) groups excluding carboxylic acids is 1. The van der Waals surface area contributed by atoms with Gasteiger partial charge in [-0.3, -0.25) is 4.79 Å². The van der Waals surface area contributed by atoms with Crippen LogP contribution in [0.1, 0.15) is 18.6 Å². The molecule has 0 bridgehead atoms. The van der Waals surface area contributed by atoms with Gasteiger partial charge in [-0.1, -0.05) is 30.3 Å². The van der Waals surface area contributed by atoms with Gasteiger partial charge in [0.15, 0.2) is 0 Å². The van der Waals surface area contributed by atoms with E-state index >= 15 is 0 Å². The van der Waals surface area contributed by atoms with Gasteiger partial charge in [-0.15, -0.1) is 0 Å². The number of nitrogens with one attached hydrogen (secondary N) is 1. The third kappa shape index (κ3) is 4.51. The maximum Gasteiger partial charge on any atom is 0.279 e. The second-order valence-corrected chi connectivity index (χ2v) is 7.60. The van der Waals surface area contributed by atoms with Crippen LogP contribution in [0.25, 0.3) is 0 Å². The lowest BCUT2D eigenvalue weighted by atomic mass is 10.1. The molecule has 1 fully saturated rings. The number of benzene rings is 1. The summed E-state index contributed by atoms with van der Waals surface area (Å²) < 4.78 is 32.8. The molecule has 2 rings (SSSR count). The average Bonchev–Trinajstić information content (AvgIpc) is 2.54. The molecule has 7 nitrogen and oxygen atoms in total. The predicted molar refractivity (Wildman–Crippen MR) is 86.9 cm³/mol. The van der Waals surface area contributed by atoms with Crippen molar-refractivity contribution in [3.05, 3.63) is 35.9 Å². The van der Waals surface area contributed by atoms with E-state index in [0.717, 1.165) is 9.87 Å². The molecule has 1 N–H and O–H groups in total. The third-order valence-electron chi connectivity index (χ3n) is 3.73. The first kappa shape index (κ1) is 17.9. The molecule has 1 unspecified atom stereocenters. The fraction of sp³-hybridized carbons (Fsp3) is 0.533. The molecule has 1 aliphatic heterocycles. The average molecular weight is 341 g/mol. The van der Waals surface area contributed by atoms with E-state index in [9.17, 15) is 13.2 Å². The maximum absolute atomic E-state index is 12.5. The minimum absolute atomic E-state index is 0.188. The molecule has 1 aromatic carbocycles. The molecule has 0 spiro atoms. The molecule has 1 heterocycles. The lowest BCUT2D eigenvalue weighted by Crippen LogP contribution is -2.52. The van der Waals surface area contributed by atoms with E-state index in [1.807, 2.05) is 30.3 Å². The summed E-state index contributed by atoms with van der Waals surface area (Å²) in [6.45, 7) is 2.85. The molecule has 0 saturated carbocycles. The van der Waals surface area contributed by atoms with Gasteiger partial charge in [-0.05, 0) is 12.5 Å². The Bertz CT molecular complexity index is 633. The van der Waals surface area contributed by atoms with Gasteiger partial charge in [0.05, 0.1) is 19.2 Å². The molecule has 23 heavy (non-hydrogen) atoms. The summed E-state index contributed by atoms with van der Waals surface area (Å²) in [6.07, 6.45) is -0.188. The summed E-state index contributed by atoms with van der Waals surface area (Å²) in [6, 6.07) is 8.86. The van der Waals surface area contributed by atoms with Crippen molar-refractivity contribution in [1.29, 1.82) is 0 Å². The molecule has 2 atom stereocenters. The van der Waals surface area contributed by atoms with Crippen molar-refractivity contribution >= 4 is 16.1 Å². The number of rotatable bonds is 5. The largest absolute Gasteiger partial charge is 0.370 e. The Labute approximate surface area is 137 Å². The summed E-state index contributed by atoms with van der Waals surface area (Å²) in [5, 5.41) is 0. The van der Waals surface area contributed by atoms with Gasteiger partial charge in [-0.25, -0.2) is 0 Å². The van der Waals surface area contributed by atoms with Crippen molar-refractivity contribution in [2.24, 2.45) is 0 Å². The van der Waals surface area contributed by atoms with Gasteiger partial charge in [0, 0.05) is 20.6 Å². The van der Waals surface area contributed by atoms with Crippen LogP contribution in [-0.2, 0) is 19.7 Å². The monoisotopic (exact) mass is 341 g/mol. The summed E-state index contributed by atoms with van der Waals surface area (Å²) in [7, 11) is -0.809. The Kier molecular flexibility index (Phi) is 5.74. The van der Waals surface area contributed by atoms with Crippen molar-refractivity contribution in [3.63, 3.8) is 0 Å². The standard InChI is InChI=1S/C15H23N3O4S/c1-12(16-23(20,21)17(2)3)15(19)18-9-10-22-14(11-18)13-7-5-4-6-8-13/h4-8,12,14,16H,9-11H2,1-3H3/t12-,14?/m0/s1. The SMILES string of the molecule is C[C@H](NS(=O)(=O)N(C)C)C(=O)N1CCOC(c2ccccc2)C1. The van der Waals surface area contributed by atoms with Crippen LogP contribution in [-0.4, -0.2) is 63.4 Å². The van der Waals surface area contributed by atoms with E-state index in [4.69, 9.17) is 4.74 Å². The Morgan fingerprint density at radius 1 is 1.35 bits per heavy atom. The second kappa shape index (κ2) is 7.39. The first-order chi connectivity index (χ1) is 10.8. The Hall–Kier alpha value is -1.48. The summed E-state index contributed by atoms with van der Waals surface area (Å²) in [4.78, 5) is 14.1. The lowest BCUT2D eigenvalue weighted by Gasteiger charge is -2.34. The maximum atomic E-state index is 12.5. The predicted octanol–water partition coefficient (Wildman–Crippen LogP) is 0.371. The molecular weight excluding hydrogens is 318 g/mol. The zero-order valence-corrected chi connectivity index (χ0v) is 14.4. The smallest absolute Gasteiger partial charge is 0.279 e. The van der Waals surface area contributed by atoms with Crippen LogP contribution < -0.4 is 4.72 Å². The van der Waals surface area contributed by atoms with Gasteiger partial charge in [0.25, 0.3) is 10.2 Å². The van der Waals surface area contributed by atoms with E-state index in [-0.39, 0.29) is 12.0 Å². The fourth-order valence-electron chi connectivity index (χ4n) is 2.37. The molecule has 0 radical (unpaired) electrons. The number of amides is 1. The van der Waals surface area contributed by atoms with E-state index in [0.29, 0.717) is 19.7 Å². The zero-order valence-electron chi connectivity index (χ0n) is 13.6. The molecule has 128 valence electrons. The first-order valence-electron chi connectivity index (χ1n) is 7.46. The van der Waals surface area contributed by atoms with E-state index in [1.54, 1.807) is 11.8 Å². The van der Waals surface area contributed by atoms with E-state index in [1.165, 1.54) is 14.1 Å². The normalized spacial score (nSPS) is 20.5. The van der Waals surface area contributed by atoms with Crippen LogP contribution in [0.5, 0.6) is 0 Å². The summed E-state index contributed by atoms with van der Waals surface area (Å²) in [5.41, 5.74) is 1.01. The Balaban J connectivity index is 2.02. The number of carbonyl (C=O) groups is 1. The highest BCUT2D eigenvalue weighted by Crippen LogP contribution is 2.22. The third-order valence-corrected chi connectivity index (χ3v) is 5.34. The van der Waals surface area contributed by atoms with Crippen LogP contribution in [0, 0.1) is 0 Å². The quantitative estimate of drug-likeness (QED) is 0.839. The summed E-state index contributed by atoms with van der Waals surface area (Å²) in [5.74, 6) is -0.250. The number of morpholine rings is 1. The molecule has 1 amide bonds. The summed E-state index contributed by atoms with van der Waals surface area (Å²) >= 11 is 0. The molecular formula is C15H23N3O4S. The molecule has 0 aliphatic carbocycles. The van der Waals surface area contributed by atoms with Crippen LogP contribution in [0.2, 0.25) is 0 Å². The van der Waals surface area contributed by atoms with Crippen molar-refractivity contribution in [2.45, 2.75) is 19.1 Å². The van der Waals surface area contributed by atoms with Gasteiger partial charge in [-0.2, -0.15) is 17.4 Å². The topological polar surface area (TPSA) is 79.0 Å². The van der Waals surface area contributed by atoms with E-state index < -0.39 is 16.3 Å². The van der Waals surface area contributed by atoms with Crippen molar-refractivity contribution in [1.82, 2.24) is 13.9 Å². The van der Waals surface area contributed by atoms with Crippen molar-refractivity contribution in [3.8, 4) is 0 Å². The van der Waals surface area contributed by atoms with E-state index in [2.05, 4.69) is 4.72 Å². The molecule has 1 aliphatic rings. The van der Waals surface area contributed by atoms with Gasteiger partial charge in [0.1, 0.15) is 6.10 Å². The fourth-order valence-corrected chi connectivity index (χ4v) is 3.13. The van der Waals surface area contributed by atoms with Crippen molar-refractivity contribution < 1.29 is 17.9 Å². The van der Waals surface area contributed by atoms with Crippen LogP contribution in [0.3, 0.4) is 0 Å². The molecule has 8 heteroatoms. The van der Waals surface area contributed by atoms with Crippen LogP contribution in [0.15, 0.2) is 30.3 Å². The highest BCUT2D eigenvalue weighted by Gasteiger charge is 2.30. The number of ether oxygens (including phenoxy) is 1. The lowest BCUT2D eigenvalue weighted by molar-refractivity contribution is -0.140. The Morgan fingerprint density at radius 2 is 2.00 bits per heavy atom. The number of hydrogen-bond donors (Lipinski definition) is 1. The molecule has 1 saturated heterocycles. The van der Waals surface area contributed by atoms with Crippen LogP contribution in [0.4, 0.5) is 0 Å². The minimum atomic E-state index is -3.64. The molecule has 1 aromatic rings. The van der Waals surface area contributed by atoms with Gasteiger partial charge >= 0.3 is 0 Å². The minimum Gasteiger partial charge on any atom is -0.370 e. The highest BCUT2D eigenvalue weighted by atomic mass is 32.2. The highest BCUT2D eigenvalue weighted by molar-refractivity contribution is 7.87. The van der Waals surface area contributed by atoms with Gasteiger partial charge < -0.3 is 9.64 Å². The molecule has 0 aromatic heterocycles. The van der Waals surface area contributed by atoms with Crippen LogP contribution >= 0.6 is 0 Å². The Morgan fingerprint density at radius 3 is 2.61 bits per heavy atom. The number of nitrogens with zero attached hydrogens (tertiary/aromatic N) is 2. The van der Waals surface area contributed by atoms with Gasteiger partial charge in [0.2, 0.25) is 5.91 Å². The van der Waals surface area contributed by atoms with Crippen molar-refractivity contribution in [2.75, 3.05) is 33.8 Å². The number of hydrogen-bond acceptors (Lipinski definition) is 4. The second-order valence-electron chi connectivity index (χ2n) is 5.68.